The third kappa shape index (κ3) is 5.41. The SMILES string of the molecule is NC(=O)[C@H]1CCCCN1CC(=O)N(Cc1ccccc1)Cc1ccccc1. The van der Waals surface area contributed by atoms with E-state index in [0.29, 0.717) is 13.1 Å². The lowest BCUT2D eigenvalue weighted by Crippen LogP contribution is -2.51. The average Bonchev–Trinajstić information content (AvgIpc) is 2.69. The second-order valence-corrected chi connectivity index (χ2v) is 7.11. The summed E-state index contributed by atoms with van der Waals surface area (Å²) in [6.07, 6.45) is 2.71. The van der Waals surface area contributed by atoms with Crippen molar-refractivity contribution in [1.29, 1.82) is 0 Å². The summed E-state index contributed by atoms with van der Waals surface area (Å²) >= 11 is 0. The monoisotopic (exact) mass is 365 g/mol. The molecule has 2 N–H and O–H groups in total. The van der Waals surface area contributed by atoms with Gasteiger partial charge in [0.2, 0.25) is 11.8 Å². The molecule has 0 aliphatic carbocycles. The zero-order valence-electron chi connectivity index (χ0n) is 15.6. The van der Waals surface area contributed by atoms with E-state index in [1.54, 1.807) is 0 Å². The van der Waals surface area contributed by atoms with Crippen LogP contribution in [0.5, 0.6) is 0 Å². The number of primary amides is 1. The van der Waals surface area contributed by atoms with Crippen LogP contribution in [-0.2, 0) is 22.7 Å². The summed E-state index contributed by atoms with van der Waals surface area (Å²) in [5.41, 5.74) is 7.73. The number of amides is 2. The minimum atomic E-state index is -0.335. The maximum atomic E-state index is 13.1. The number of hydrogen-bond acceptors (Lipinski definition) is 3. The van der Waals surface area contributed by atoms with Crippen LogP contribution in [0.25, 0.3) is 0 Å². The van der Waals surface area contributed by atoms with E-state index in [2.05, 4.69) is 0 Å². The Kier molecular flexibility index (Phi) is 6.60. The third-order valence-corrected chi connectivity index (χ3v) is 5.07. The number of likely N-dealkylation sites (tertiary alicyclic amines) is 1. The molecule has 0 spiro atoms. The molecule has 27 heavy (non-hydrogen) atoms. The van der Waals surface area contributed by atoms with Gasteiger partial charge in [-0.1, -0.05) is 67.1 Å². The van der Waals surface area contributed by atoms with Gasteiger partial charge in [0.15, 0.2) is 0 Å². The second kappa shape index (κ2) is 9.33. The van der Waals surface area contributed by atoms with Gasteiger partial charge >= 0.3 is 0 Å². The van der Waals surface area contributed by atoms with Crippen molar-refractivity contribution < 1.29 is 9.59 Å². The van der Waals surface area contributed by atoms with Gasteiger partial charge in [0.25, 0.3) is 0 Å². The Hall–Kier alpha value is -2.66. The van der Waals surface area contributed by atoms with Crippen LogP contribution >= 0.6 is 0 Å². The zero-order valence-corrected chi connectivity index (χ0v) is 15.6. The van der Waals surface area contributed by atoms with Crippen molar-refractivity contribution in [3.63, 3.8) is 0 Å². The first-order valence-corrected chi connectivity index (χ1v) is 9.52. The van der Waals surface area contributed by atoms with Gasteiger partial charge in [-0.15, -0.1) is 0 Å². The van der Waals surface area contributed by atoms with Crippen LogP contribution in [0.1, 0.15) is 30.4 Å². The van der Waals surface area contributed by atoms with Crippen molar-refractivity contribution in [1.82, 2.24) is 9.80 Å². The maximum absolute atomic E-state index is 13.1. The molecule has 1 aliphatic heterocycles. The number of piperidine rings is 1. The predicted molar refractivity (Wildman–Crippen MR) is 106 cm³/mol. The fraction of sp³-hybridized carbons (Fsp3) is 0.364. The summed E-state index contributed by atoms with van der Waals surface area (Å²) in [4.78, 5) is 28.7. The Morgan fingerprint density at radius 3 is 2.00 bits per heavy atom. The number of carbonyl (C=O) groups is 2. The minimum absolute atomic E-state index is 0.0239. The van der Waals surface area contributed by atoms with Crippen LogP contribution in [-0.4, -0.2) is 40.7 Å². The largest absolute Gasteiger partial charge is 0.368 e. The lowest BCUT2D eigenvalue weighted by Gasteiger charge is -2.34. The van der Waals surface area contributed by atoms with Gasteiger partial charge in [0.1, 0.15) is 0 Å². The number of hydrogen-bond donors (Lipinski definition) is 1. The highest BCUT2D eigenvalue weighted by Gasteiger charge is 2.29. The summed E-state index contributed by atoms with van der Waals surface area (Å²) in [7, 11) is 0. The fourth-order valence-corrected chi connectivity index (χ4v) is 3.62. The Morgan fingerprint density at radius 1 is 0.926 bits per heavy atom. The standard InChI is InChI=1S/C22H27N3O2/c23-22(27)20-13-7-8-14-24(20)17-21(26)25(15-18-9-3-1-4-10-18)16-19-11-5-2-6-12-19/h1-6,9-12,20H,7-8,13-17H2,(H2,23,27)/t20-/m1/s1. The van der Waals surface area contributed by atoms with E-state index in [4.69, 9.17) is 5.73 Å². The summed E-state index contributed by atoms with van der Waals surface area (Å²) in [5, 5.41) is 0. The van der Waals surface area contributed by atoms with Crippen molar-refractivity contribution in [2.75, 3.05) is 13.1 Å². The van der Waals surface area contributed by atoms with E-state index in [9.17, 15) is 9.59 Å². The fourth-order valence-electron chi connectivity index (χ4n) is 3.62. The predicted octanol–water partition coefficient (Wildman–Crippen LogP) is 2.56. The lowest BCUT2D eigenvalue weighted by molar-refractivity contribution is -0.136. The third-order valence-electron chi connectivity index (χ3n) is 5.07. The van der Waals surface area contributed by atoms with E-state index in [0.717, 1.165) is 36.9 Å². The summed E-state index contributed by atoms with van der Waals surface area (Å²) in [5.74, 6) is -0.309. The van der Waals surface area contributed by atoms with Crippen molar-refractivity contribution >= 4 is 11.8 Å². The van der Waals surface area contributed by atoms with Crippen LogP contribution in [0, 0.1) is 0 Å². The molecule has 5 nitrogen and oxygen atoms in total. The molecule has 1 heterocycles. The molecule has 5 heteroatoms. The molecule has 2 aromatic rings. The van der Waals surface area contributed by atoms with Gasteiger partial charge in [0, 0.05) is 13.1 Å². The molecule has 0 radical (unpaired) electrons. The second-order valence-electron chi connectivity index (χ2n) is 7.11. The molecule has 0 bridgehead atoms. The minimum Gasteiger partial charge on any atom is -0.368 e. The molecule has 1 atom stereocenters. The van der Waals surface area contributed by atoms with Crippen molar-refractivity contribution in [3.05, 3.63) is 71.8 Å². The van der Waals surface area contributed by atoms with Crippen LogP contribution in [0.2, 0.25) is 0 Å². The van der Waals surface area contributed by atoms with E-state index in [1.807, 2.05) is 70.5 Å². The Morgan fingerprint density at radius 2 is 1.48 bits per heavy atom. The van der Waals surface area contributed by atoms with E-state index >= 15 is 0 Å². The van der Waals surface area contributed by atoms with Gasteiger partial charge in [-0.25, -0.2) is 0 Å². The summed E-state index contributed by atoms with van der Waals surface area (Å²) in [6.45, 7) is 2.06. The molecule has 0 aromatic heterocycles. The Labute approximate surface area is 160 Å². The number of benzene rings is 2. The highest BCUT2D eigenvalue weighted by Crippen LogP contribution is 2.18. The molecule has 142 valence electrons. The Bertz CT molecular complexity index is 707. The quantitative estimate of drug-likeness (QED) is 0.820. The molecule has 3 rings (SSSR count). The van der Waals surface area contributed by atoms with Gasteiger partial charge in [-0.05, 0) is 30.5 Å². The van der Waals surface area contributed by atoms with Crippen LogP contribution in [0.4, 0.5) is 0 Å². The molecule has 0 unspecified atom stereocenters. The first-order valence-electron chi connectivity index (χ1n) is 9.52. The molecular weight excluding hydrogens is 338 g/mol. The number of carbonyl (C=O) groups excluding carboxylic acids is 2. The number of nitrogens with two attached hydrogens (primary N) is 1. The average molecular weight is 365 g/mol. The van der Waals surface area contributed by atoms with Crippen molar-refractivity contribution in [2.24, 2.45) is 5.73 Å². The van der Waals surface area contributed by atoms with Crippen molar-refractivity contribution in [2.45, 2.75) is 38.4 Å². The normalized spacial score (nSPS) is 17.4. The van der Waals surface area contributed by atoms with E-state index < -0.39 is 0 Å². The first-order chi connectivity index (χ1) is 13.1. The summed E-state index contributed by atoms with van der Waals surface area (Å²) in [6, 6.07) is 19.6. The van der Waals surface area contributed by atoms with E-state index in [1.165, 1.54) is 0 Å². The molecule has 1 saturated heterocycles. The molecule has 1 fully saturated rings. The lowest BCUT2D eigenvalue weighted by atomic mass is 10.0. The van der Waals surface area contributed by atoms with Gasteiger partial charge in [-0.3, -0.25) is 14.5 Å². The molecular formula is C22H27N3O2. The smallest absolute Gasteiger partial charge is 0.237 e. The number of rotatable bonds is 7. The van der Waals surface area contributed by atoms with Crippen LogP contribution in [0.3, 0.4) is 0 Å². The van der Waals surface area contributed by atoms with Gasteiger partial charge in [0.05, 0.1) is 12.6 Å². The highest BCUT2D eigenvalue weighted by molar-refractivity contribution is 5.82. The topological polar surface area (TPSA) is 66.6 Å². The highest BCUT2D eigenvalue weighted by atomic mass is 16.2. The zero-order chi connectivity index (χ0) is 19.1. The first kappa shape index (κ1) is 19.1. The van der Waals surface area contributed by atoms with E-state index in [-0.39, 0.29) is 24.4 Å². The summed E-state index contributed by atoms with van der Waals surface area (Å²) < 4.78 is 0. The Balaban J connectivity index is 1.74. The van der Waals surface area contributed by atoms with Crippen LogP contribution < -0.4 is 5.73 Å². The van der Waals surface area contributed by atoms with Gasteiger partial charge < -0.3 is 10.6 Å². The molecule has 0 saturated carbocycles. The molecule has 2 amide bonds. The molecule has 2 aromatic carbocycles. The van der Waals surface area contributed by atoms with Gasteiger partial charge in [-0.2, -0.15) is 0 Å². The molecule has 1 aliphatic rings. The van der Waals surface area contributed by atoms with Crippen LogP contribution in [0.15, 0.2) is 60.7 Å². The maximum Gasteiger partial charge on any atom is 0.237 e. The van der Waals surface area contributed by atoms with Crippen molar-refractivity contribution in [3.8, 4) is 0 Å². The number of nitrogens with zero attached hydrogens (tertiary/aromatic N) is 2.